The third kappa shape index (κ3) is 2.55. The largest absolute Gasteiger partial charge is 0.308 e. The molecule has 4 rings (SSSR count). The van der Waals surface area contributed by atoms with Crippen LogP contribution in [0.15, 0.2) is 41.3 Å². The van der Waals surface area contributed by atoms with Gasteiger partial charge in [-0.05, 0) is 38.1 Å². The Balaban J connectivity index is 1.94. The van der Waals surface area contributed by atoms with Crippen LogP contribution < -0.4 is 5.56 Å². The van der Waals surface area contributed by atoms with Crippen molar-refractivity contribution < 1.29 is 4.39 Å². The molecule has 1 aromatic carbocycles. The van der Waals surface area contributed by atoms with Crippen LogP contribution in [-0.2, 0) is 7.05 Å². The molecule has 0 fully saturated rings. The van der Waals surface area contributed by atoms with E-state index in [4.69, 9.17) is 0 Å². The zero-order valence-electron chi connectivity index (χ0n) is 14.4. The van der Waals surface area contributed by atoms with E-state index in [1.165, 1.54) is 12.3 Å². The molecule has 0 saturated carbocycles. The van der Waals surface area contributed by atoms with Gasteiger partial charge in [0.25, 0.3) is 5.56 Å². The molecule has 0 aliphatic rings. The van der Waals surface area contributed by atoms with Crippen LogP contribution in [0.1, 0.15) is 11.5 Å². The maximum absolute atomic E-state index is 13.5. The second-order valence-electron chi connectivity index (χ2n) is 6.00. The van der Waals surface area contributed by atoms with Gasteiger partial charge in [0.1, 0.15) is 11.5 Å². The summed E-state index contributed by atoms with van der Waals surface area (Å²) in [6.07, 6.45) is 1.38. The van der Waals surface area contributed by atoms with Crippen molar-refractivity contribution in [3.8, 4) is 17.1 Å². The summed E-state index contributed by atoms with van der Waals surface area (Å²) in [5.41, 5.74) is 2.98. The molecule has 8 heteroatoms. The van der Waals surface area contributed by atoms with E-state index in [1.54, 1.807) is 36.2 Å². The van der Waals surface area contributed by atoms with Crippen molar-refractivity contribution in [2.45, 2.75) is 13.8 Å². The molecule has 0 aliphatic carbocycles. The number of nitrogens with zero attached hydrogens (tertiary/aromatic N) is 6. The highest BCUT2D eigenvalue weighted by Crippen LogP contribution is 2.24. The van der Waals surface area contributed by atoms with Gasteiger partial charge in [-0.3, -0.25) is 4.79 Å². The maximum Gasteiger partial charge on any atom is 0.272 e. The van der Waals surface area contributed by atoms with E-state index in [2.05, 4.69) is 20.1 Å². The maximum atomic E-state index is 13.5. The normalized spacial score (nSPS) is 11.2. The van der Waals surface area contributed by atoms with Crippen LogP contribution in [0.2, 0.25) is 0 Å². The summed E-state index contributed by atoms with van der Waals surface area (Å²) in [6, 6.07) is 8.47. The third-order valence-corrected chi connectivity index (χ3v) is 4.17. The van der Waals surface area contributed by atoms with Gasteiger partial charge in [-0.2, -0.15) is 9.49 Å². The average Bonchev–Trinajstić information content (AvgIpc) is 3.01. The number of fused-ring (bicyclic) bond motifs is 1. The minimum Gasteiger partial charge on any atom is -0.308 e. The van der Waals surface area contributed by atoms with E-state index >= 15 is 0 Å². The fourth-order valence-electron chi connectivity index (χ4n) is 2.92. The molecule has 26 heavy (non-hydrogen) atoms. The number of halogens is 1. The number of benzene rings is 1. The van der Waals surface area contributed by atoms with Crippen LogP contribution in [0.25, 0.3) is 28.1 Å². The predicted molar refractivity (Wildman–Crippen MR) is 94.6 cm³/mol. The Labute approximate surface area is 147 Å². The van der Waals surface area contributed by atoms with Gasteiger partial charge in [-0.15, -0.1) is 0 Å². The highest BCUT2D eigenvalue weighted by atomic mass is 19.1. The predicted octanol–water partition coefficient (Wildman–Crippen LogP) is 2.33. The van der Waals surface area contributed by atoms with E-state index in [0.29, 0.717) is 28.5 Å². The number of aryl methyl sites for hydroxylation is 3. The van der Waals surface area contributed by atoms with E-state index < -0.39 is 5.95 Å². The van der Waals surface area contributed by atoms with Crippen molar-refractivity contribution in [3.05, 3.63) is 64.3 Å². The molecule has 0 aliphatic heterocycles. The summed E-state index contributed by atoms with van der Waals surface area (Å²) in [6.45, 7) is 3.45. The molecule has 0 atom stereocenters. The van der Waals surface area contributed by atoms with Crippen LogP contribution in [0, 0.1) is 19.8 Å². The fraction of sp³-hybridized carbons (Fsp3) is 0.167. The first-order valence-corrected chi connectivity index (χ1v) is 7.97. The van der Waals surface area contributed by atoms with Crippen molar-refractivity contribution in [2.75, 3.05) is 0 Å². The summed E-state index contributed by atoms with van der Waals surface area (Å²) in [5.74, 6) is 0.526. The molecule has 4 aromatic rings. The topological polar surface area (TPSA) is 78.5 Å². The highest BCUT2D eigenvalue weighted by molar-refractivity contribution is 5.80. The molecule has 130 valence electrons. The van der Waals surface area contributed by atoms with E-state index in [0.717, 1.165) is 11.1 Å². The minimum atomic E-state index is -0.590. The first-order chi connectivity index (χ1) is 12.4. The lowest BCUT2D eigenvalue weighted by Crippen LogP contribution is -2.21. The fourth-order valence-corrected chi connectivity index (χ4v) is 2.92. The van der Waals surface area contributed by atoms with Gasteiger partial charge < -0.3 is 4.57 Å². The van der Waals surface area contributed by atoms with Gasteiger partial charge >= 0.3 is 0 Å². The van der Waals surface area contributed by atoms with Crippen LogP contribution in [0.4, 0.5) is 4.39 Å². The van der Waals surface area contributed by atoms with E-state index in [-0.39, 0.29) is 5.56 Å². The summed E-state index contributed by atoms with van der Waals surface area (Å²) in [7, 11) is 1.71. The summed E-state index contributed by atoms with van der Waals surface area (Å²) in [4.78, 5) is 24.5. The molecule has 0 bridgehead atoms. The number of pyridine rings is 1. The number of rotatable bonds is 2. The molecule has 0 N–H and O–H groups in total. The Morgan fingerprint density at radius 1 is 1.08 bits per heavy atom. The molecule has 0 spiro atoms. The smallest absolute Gasteiger partial charge is 0.272 e. The molecular weight excluding hydrogens is 335 g/mol. The Morgan fingerprint density at radius 2 is 1.88 bits per heavy atom. The van der Waals surface area contributed by atoms with Crippen molar-refractivity contribution in [1.82, 2.24) is 29.3 Å². The molecular formula is C18H15FN6O. The zero-order valence-corrected chi connectivity index (χ0v) is 14.4. The standard InChI is InChI=1S/C18H15FN6O/c1-10-18(26)24(3)15-5-4-12(8-14(15)21-10)17-22-11(2)23-25(17)13-6-7-20-16(19)9-13/h4-9H,1-3H3. The van der Waals surface area contributed by atoms with Crippen LogP contribution in [-0.4, -0.2) is 29.3 Å². The average molecular weight is 350 g/mol. The second-order valence-corrected chi connectivity index (χ2v) is 6.00. The molecule has 0 saturated heterocycles. The van der Waals surface area contributed by atoms with Crippen molar-refractivity contribution >= 4 is 11.0 Å². The van der Waals surface area contributed by atoms with E-state index in [9.17, 15) is 9.18 Å². The minimum absolute atomic E-state index is 0.128. The van der Waals surface area contributed by atoms with Gasteiger partial charge in [0.2, 0.25) is 5.95 Å². The van der Waals surface area contributed by atoms with Gasteiger partial charge in [-0.25, -0.2) is 19.6 Å². The van der Waals surface area contributed by atoms with Gasteiger partial charge in [0, 0.05) is 24.9 Å². The highest BCUT2D eigenvalue weighted by Gasteiger charge is 2.14. The summed E-state index contributed by atoms with van der Waals surface area (Å²) in [5, 5.41) is 4.36. The Bertz CT molecular complexity index is 1210. The lowest BCUT2D eigenvalue weighted by molar-refractivity contribution is 0.581. The molecule has 3 heterocycles. The Morgan fingerprint density at radius 3 is 2.65 bits per heavy atom. The number of hydrogen-bond acceptors (Lipinski definition) is 5. The number of aromatic nitrogens is 6. The molecule has 0 radical (unpaired) electrons. The van der Waals surface area contributed by atoms with Crippen molar-refractivity contribution in [1.29, 1.82) is 0 Å². The third-order valence-electron chi connectivity index (χ3n) is 4.17. The Hall–Kier alpha value is -3.42. The quantitative estimate of drug-likeness (QED) is 0.519. The van der Waals surface area contributed by atoms with Crippen molar-refractivity contribution in [3.63, 3.8) is 0 Å². The van der Waals surface area contributed by atoms with Crippen molar-refractivity contribution in [2.24, 2.45) is 7.05 Å². The SMILES string of the molecule is Cc1nc(-c2ccc3c(c2)nc(C)c(=O)n3C)n(-c2ccnc(F)c2)n1. The second kappa shape index (κ2) is 5.83. The molecule has 0 unspecified atom stereocenters. The molecule has 7 nitrogen and oxygen atoms in total. The summed E-state index contributed by atoms with van der Waals surface area (Å²) < 4.78 is 16.6. The lowest BCUT2D eigenvalue weighted by atomic mass is 10.1. The van der Waals surface area contributed by atoms with E-state index in [1.807, 2.05) is 18.2 Å². The molecule has 0 amide bonds. The summed E-state index contributed by atoms with van der Waals surface area (Å²) >= 11 is 0. The lowest BCUT2D eigenvalue weighted by Gasteiger charge is -2.09. The Kier molecular flexibility index (Phi) is 3.61. The molecule has 3 aromatic heterocycles. The number of hydrogen-bond donors (Lipinski definition) is 0. The first-order valence-electron chi connectivity index (χ1n) is 7.97. The van der Waals surface area contributed by atoms with Gasteiger partial charge in [-0.1, -0.05) is 0 Å². The zero-order chi connectivity index (χ0) is 18.4. The van der Waals surface area contributed by atoms with Crippen LogP contribution in [0.5, 0.6) is 0 Å². The van der Waals surface area contributed by atoms with Crippen LogP contribution >= 0.6 is 0 Å². The van der Waals surface area contributed by atoms with Gasteiger partial charge in [0.05, 0.1) is 16.7 Å². The monoisotopic (exact) mass is 350 g/mol. The van der Waals surface area contributed by atoms with Crippen LogP contribution in [0.3, 0.4) is 0 Å². The van der Waals surface area contributed by atoms with Gasteiger partial charge in [0.15, 0.2) is 5.82 Å². The first kappa shape index (κ1) is 16.1.